The van der Waals surface area contributed by atoms with Crippen molar-refractivity contribution in [2.24, 2.45) is 11.8 Å². The SMILES string of the molecule is CC1NC(=O)[C@@H]2C=C[C@H]12. The van der Waals surface area contributed by atoms with Gasteiger partial charge in [0.2, 0.25) is 5.91 Å². The van der Waals surface area contributed by atoms with E-state index in [2.05, 4.69) is 11.4 Å². The highest BCUT2D eigenvalue weighted by atomic mass is 16.2. The molecular formula is C7H9NO. The van der Waals surface area contributed by atoms with E-state index in [0.717, 1.165) is 0 Å². The lowest BCUT2D eigenvalue weighted by Gasteiger charge is -2.20. The fourth-order valence-corrected chi connectivity index (χ4v) is 1.51. The number of rotatable bonds is 0. The van der Waals surface area contributed by atoms with E-state index in [0.29, 0.717) is 12.0 Å². The molecule has 1 unspecified atom stereocenters. The van der Waals surface area contributed by atoms with Gasteiger partial charge in [0.1, 0.15) is 0 Å². The van der Waals surface area contributed by atoms with Crippen LogP contribution in [0.2, 0.25) is 0 Å². The number of carbonyl (C=O) groups is 1. The quantitative estimate of drug-likeness (QED) is 0.461. The van der Waals surface area contributed by atoms with Crippen molar-refractivity contribution in [3.63, 3.8) is 0 Å². The molecule has 2 rings (SSSR count). The second-order valence-electron chi connectivity index (χ2n) is 2.79. The highest BCUT2D eigenvalue weighted by Crippen LogP contribution is 2.33. The lowest BCUT2D eigenvalue weighted by molar-refractivity contribution is -0.121. The Morgan fingerprint density at radius 1 is 1.56 bits per heavy atom. The summed E-state index contributed by atoms with van der Waals surface area (Å²) in [6, 6.07) is 0.368. The van der Waals surface area contributed by atoms with Crippen molar-refractivity contribution in [1.29, 1.82) is 0 Å². The fourth-order valence-electron chi connectivity index (χ4n) is 1.51. The molecule has 3 atom stereocenters. The summed E-state index contributed by atoms with van der Waals surface area (Å²) in [5.74, 6) is 0.910. The van der Waals surface area contributed by atoms with Gasteiger partial charge in [0.15, 0.2) is 0 Å². The van der Waals surface area contributed by atoms with Gasteiger partial charge in [-0.15, -0.1) is 0 Å². The monoisotopic (exact) mass is 123 g/mol. The van der Waals surface area contributed by atoms with Crippen molar-refractivity contribution in [3.05, 3.63) is 12.2 Å². The Bertz CT molecular complexity index is 185. The summed E-state index contributed by atoms with van der Waals surface area (Å²) in [5, 5.41) is 2.88. The lowest BCUT2D eigenvalue weighted by Crippen LogP contribution is -2.24. The van der Waals surface area contributed by atoms with Crippen LogP contribution in [-0.4, -0.2) is 11.9 Å². The van der Waals surface area contributed by atoms with Gasteiger partial charge in [-0.2, -0.15) is 0 Å². The van der Waals surface area contributed by atoms with Crippen molar-refractivity contribution >= 4 is 5.91 Å². The summed E-state index contributed by atoms with van der Waals surface area (Å²) in [5.41, 5.74) is 0. The minimum atomic E-state index is 0.204. The third-order valence-electron chi connectivity index (χ3n) is 2.21. The maximum atomic E-state index is 10.9. The van der Waals surface area contributed by atoms with E-state index in [1.54, 1.807) is 0 Å². The molecule has 0 aromatic rings. The molecule has 9 heavy (non-hydrogen) atoms. The molecule has 1 heterocycles. The molecule has 48 valence electrons. The van der Waals surface area contributed by atoms with Gasteiger partial charge in [0, 0.05) is 12.0 Å². The molecule has 2 heteroatoms. The first-order valence-electron chi connectivity index (χ1n) is 3.28. The van der Waals surface area contributed by atoms with E-state index in [4.69, 9.17) is 0 Å². The van der Waals surface area contributed by atoms with Crippen LogP contribution in [0.15, 0.2) is 12.2 Å². The molecule has 1 fully saturated rings. The average molecular weight is 123 g/mol. The minimum absolute atomic E-state index is 0.204. The summed E-state index contributed by atoms with van der Waals surface area (Å²) < 4.78 is 0. The summed E-state index contributed by atoms with van der Waals surface area (Å²) in [6.07, 6.45) is 4.08. The first-order valence-corrected chi connectivity index (χ1v) is 3.28. The van der Waals surface area contributed by atoms with Gasteiger partial charge in [0.05, 0.1) is 5.92 Å². The molecule has 0 aromatic carbocycles. The van der Waals surface area contributed by atoms with Crippen LogP contribution in [0.4, 0.5) is 0 Å². The molecular weight excluding hydrogens is 114 g/mol. The first-order chi connectivity index (χ1) is 4.29. The molecule has 1 amide bonds. The van der Waals surface area contributed by atoms with Crippen LogP contribution in [0, 0.1) is 11.8 Å². The maximum absolute atomic E-state index is 10.9. The summed E-state index contributed by atoms with van der Waals surface area (Å²) in [7, 11) is 0. The van der Waals surface area contributed by atoms with Gasteiger partial charge in [-0.25, -0.2) is 0 Å². The van der Waals surface area contributed by atoms with Crippen LogP contribution >= 0.6 is 0 Å². The zero-order chi connectivity index (χ0) is 6.43. The van der Waals surface area contributed by atoms with E-state index in [1.165, 1.54) is 0 Å². The van der Waals surface area contributed by atoms with Crippen LogP contribution < -0.4 is 5.32 Å². The van der Waals surface area contributed by atoms with Gasteiger partial charge < -0.3 is 5.32 Å². The Balaban J connectivity index is 2.27. The van der Waals surface area contributed by atoms with E-state index in [-0.39, 0.29) is 11.8 Å². The van der Waals surface area contributed by atoms with Crippen LogP contribution in [-0.2, 0) is 4.79 Å². The van der Waals surface area contributed by atoms with E-state index >= 15 is 0 Å². The van der Waals surface area contributed by atoms with Gasteiger partial charge in [-0.3, -0.25) is 4.79 Å². The molecule has 0 radical (unpaired) electrons. The predicted molar refractivity (Wildman–Crippen MR) is 33.7 cm³/mol. The van der Waals surface area contributed by atoms with Crippen LogP contribution in [0.3, 0.4) is 0 Å². The van der Waals surface area contributed by atoms with Crippen LogP contribution in [0.1, 0.15) is 6.92 Å². The van der Waals surface area contributed by atoms with Crippen molar-refractivity contribution < 1.29 is 4.79 Å². The van der Waals surface area contributed by atoms with Gasteiger partial charge in [0.25, 0.3) is 0 Å². The molecule has 1 aliphatic heterocycles. The maximum Gasteiger partial charge on any atom is 0.227 e. The molecule has 0 saturated carbocycles. The summed E-state index contributed by atoms with van der Waals surface area (Å²) in [4.78, 5) is 10.9. The zero-order valence-electron chi connectivity index (χ0n) is 5.29. The fraction of sp³-hybridized carbons (Fsp3) is 0.571. The molecule has 2 nitrogen and oxygen atoms in total. The Hall–Kier alpha value is -0.790. The second-order valence-corrected chi connectivity index (χ2v) is 2.79. The largest absolute Gasteiger partial charge is 0.352 e. The number of nitrogens with one attached hydrogen (secondary N) is 1. The minimum Gasteiger partial charge on any atom is -0.352 e. The number of hydrogen-bond donors (Lipinski definition) is 1. The summed E-state index contributed by atoms with van der Waals surface area (Å²) >= 11 is 0. The highest BCUT2D eigenvalue weighted by Gasteiger charge is 2.41. The van der Waals surface area contributed by atoms with E-state index < -0.39 is 0 Å². The molecule has 1 aliphatic carbocycles. The third-order valence-corrected chi connectivity index (χ3v) is 2.21. The molecule has 0 bridgehead atoms. The number of carbonyl (C=O) groups excluding carboxylic acids is 1. The Morgan fingerprint density at radius 2 is 2.33 bits per heavy atom. The van der Waals surface area contributed by atoms with Crippen molar-refractivity contribution in [2.45, 2.75) is 13.0 Å². The number of fused-ring (bicyclic) bond motifs is 1. The Labute approximate surface area is 53.9 Å². The number of amides is 1. The van der Waals surface area contributed by atoms with Gasteiger partial charge >= 0.3 is 0 Å². The number of hydrogen-bond acceptors (Lipinski definition) is 1. The smallest absolute Gasteiger partial charge is 0.227 e. The van der Waals surface area contributed by atoms with Crippen molar-refractivity contribution in [1.82, 2.24) is 5.32 Å². The molecule has 0 aromatic heterocycles. The third kappa shape index (κ3) is 0.479. The van der Waals surface area contributed by atoms with Crippen LogP contribution in [0.25, 0.3) is 0 Å². The van der Waals surface area contributed by atoms with Crippen molar-refractivity contribution in [2.75, 3.05) is 0 Å². The summed E-state index contributed by atoms with van der Waals surface area (Å²) in [6.45, 7) is 2.05. The first kappa shape index (κ1) is 5.03. The topological polar surface area (TPSA) is 29.1 Å². The normalized spacial score (nSPS) is 45.9. The molecule has 0 spiro atoms. The highest BCUT2D eigenvalue weighted by molar-refractivity contribution is 5.85. The average Bonchev–Trinajstić information content (AvgIpc) is 1.73. The zero-order valence-corrected chi connectivity index (χ0v) is 5.29. The molecule has 1 N–H and O–H groups in total. The molecule has 1 saturated heterocycles. The van der Waals surface area contributed by atoms with E-state index in [9.17, 15) is 4.79 Å². The predicted octanol–water partition coefficient (Wildman–Crippen LogP) is 0.307. The second kappa shape index (κ2) is 1.38. The van der Waals surface area contributed by atoms with Gasteiger partial charge in [-0.05, 0) is 6.92 Å². The Morgan fingerprint density at radius 3 is 2.56 bits per heavy atom. The molecule has 2 aliphatic rings. The standard InChI is InChI=1S/C7H9NO/c1-4-5-2-3-6(5)7(9)8-4/h2-6H,1H3,(H,8,9)/t4?,5-,6-/m1/s1. The lowest BCUT2D eigenvalue weighted by atomic mass is 9.81. The van der Waals surface area contributed by atoms with E-state index in [1.807, 2.05) is 13.0 Å². The Kier molecular flexibility index (Phi) is 0.770. The van der Waals surface area contributed by atoms with Gasteiger partial charge in [-0.1, -0.05) is 12.2 Å². The van der Waals surface area contributed by atoms with Crippen molar-refractivity contribution in [3.8, 4) is 0 Å². The van der Waals surface area contributed by atoms with Crippen LogP contribution in [0.5, 0.6) is 0 Å².